The molecule has 0 aromatic carbocycles. The van der Waals surface area contributed by atoms with Crippen LogP contribution in [0.2, 0.25) is 0 Å². The molecule has 0 amide bonds. The largest absolute Gasteiger partial charge is 0.472 e. The van der Waals surface area contributed by atoms with Crippen LogP contribution in [0.5, 0.6) is 0 Å². The van der Waals surface area contributed by atoms with Gasteiger partial charge < -0.3 is 10.2 Å². The molecule has 2 heteroatoms. The second kappa shape index (κ2) is 1.94. The SMILES string of the molecule is NC1c2cocc2CCC12CC2. The van der Waals surface area contributed by atoms with Crippen LogP contribution in [0.4, 0.5) is 0 Å². The lowest BCUT2D eigenvalue weighted by molar-refractivity contribution is 0.355. The first-order valence-electron chi connectivity index (χ1n) is 4.62. The van der Waals surface area contributed by atoms with Crippen LogP contribution < -0.4 is 5.73 Å². The molecular weight excluding hydrogens is 150 g/mol. The highest BCUT2D eigenvalue weighted by atomic mass is 16.3. The molecule has 1 heterocycles. The summed E-state index contributed by atoms with van der Waals surface area (Å²) in [6.45, 7) is 0. The molecule has 1 unspecified atom stereocenters. The molecule has 2 N–H and O–H groups in total. The molecule has 0 aliphatic heterocycles. The summed E-state index contributed by atoms with van der Waals surface area (Å²) in [6, 6.07) is 0.250. The lowest BCUT2D eigenvalue weighted by Gasteiger charge is -2.27. The zero-order valence-corrected chi connectivity index (χ0v) is 7.05. The van der Waals surface area contributed by atoms with E-state index in [0.29, 0.717) is 5.41 Å². The summed E-state index contributed by atoms with van der Waals surface area (Å²) in [6.07, 6.45) is 8.75. The fraction of sp³-hybridized carbons (Fsp3) is 0.600. The van der Waals surface area contributed by atoms with Gasteiger partial charge in [0.05, 0.1) is 12.5 Å². The normalized spacial score (nSPS) is 30.2. The van der Waals surface area contributed by atoms with Crippen LogP contribution >= 0.6 is 0 Å². The van der Waals surface area contributed by atoms with Gasteiger partial charge in [-0.3, -0.25) is 0 Å². The van der Waals surface area contributed by atoms with Crippen molar-refractivity contribution in [3.63, 3.8) is 0 Å². The predicted octanol–water partition coefficient (Wildman–Crippen LogP) is 2.01. The number of furan rings is 1. The Hall–Kier alpha value is -0.760. The number of hydrogen-bond donors (Lipinski definition) is 1. The smallest absolute Gasteiger partial charge is 0.0953 e. The maximum Gasteiger partial charge on any atom is 0.0953 e. The fourth-order valence-corrected chi connectivity index (χ4v) is 2.40. The van der Waals surface area contributed by atoms with Crippen molar-refractivity contribution in [2.75, 3.05) is 0 Å². The van der Waals surface area contributed by atoms with E-state index in [4.69, 9.17) is 10.2 Å². The van der Waals surface area contributed by atoms with Crippen molar-refractivity contribution < 1.29 is 4.42 Å². The van der Waals surface area contributed by atoms with Crippen molar-refractivity contribution in [1.82, 2.24) is 0 Å². The first-order valence-corrected chi connectivity index (χ1v) is 4.62. The van der Waals surface area contributed by atoms with Crippen molar-refractivity contribution in [3.8, 4) is 0 Å². The van der Waals surface area contributed by atoms with Crippen molar-refractivity contribution in [2.45, 2.75) is 31.7 Å². The summed E-state index contributed by atoms with van der Waals surface area (Å²) >= 11 is 0. The van der Waals surface area contributed by atoms with Crippen molar-refractivity contribution in [3.05, 3.63) is 23.7 Å². The summed E-state index contributed by atoms with van der Waals surface area (Å²) < 4.78 is 5.18. The highest BCUT2D eigenvalue weighted by Crippen LogP contribution is 2.59. The van der Waals surface area contributed by atoms with Gasteiger partial charge in [-0.2, -0.15) is 0 Å². The van der Waals surface area contributed by atoms with Gasteiger partial charge in [0.25, 0.3) is 0 Å². The number of fused-ring (bicyclic) bond motifs is 1. The Kier molecular flexibility index (Phi) is 1.09. The van der Waals surface area contributed by atoms with Crippen LogP contribution in [0.15, 0.2) is 16.9 Å². The highest BCUT2D eigenvalue weighted by Gasteiger charge is 2.50. The Morgan fingerprint density at radius 3 is 2.92 bits per heavy atom. The van der Waals surface area contributed by atoms with E-state index in [9.17, 15) is 0 Å². The van der Waals surface area contributed by atoms with Gasteiger partial charge in [-0.25, -0.2) is 0 Å². The number of rotatable bonds is 0. The van der Waals surface area contributed by atoms with Gasteiger partial charge in [0.2, 0.25) is 0 Å². The fourth-order valence-electron chi connectivity index (χ4n) is 2.40. The third-order valence-corrected chi connectivity index (χ3v) is 3.56. The van der Waals surface area contributed by atoms with E-state index in [0.717, 1.165) is 0 Å². The maximum atomic E-state index is 6.17. The Morgan fingerprint density at radius 1 is 1.33 bits per heavy atom. The molecule has 1 spiro atoms. The van der Waals surface area contributed by atoms with Crippen LogP contribution in [0.3, 0.4) is 0 Å². The molecule has 0 radical (unpaired) electrons. The standard InChI is InChI=1S/C10H13NO/c11-9-8-6-12-5-7(8)1-2-10(9)3-4-10/h5-6,9H,1-4,11H2. The molecule has 2 aliphatic carbocycles. The lowest BCUT2D eigenvalue weighted by atomic mass is 9.80. The second-order valence-electron chi connectivity index (χ2n) is 4.19. The predicted molar refractivity (Wildman–Crippen MR) is 45.6 cm³/mol. The quantitative estimate of drug-likeness (QED) is 0.635. The summed E-state index contributed by atoms with van der Waals surface area (Å²) in [5.74, 6) is 0. The summed E-state index contributed by atoms with van der Waals surface area (Å²) in [4.78, 5) is 0. The molecule has 0 bridgehead atoms. The minimum absolute atomic E-state index is 0.250. The molecular formula is C10H13NO. The minimum Gasteiger partial charge on any atom is -0.472 e. The third kappa shape index (κ3) is 0.686. The van der Waals surface area contributed by atoms with Gasteiger partial charge in [0.1, 0.15) is 0 Å². The molecule has 2 aliphatic rings. The van der Waals surface area contributed by atoms with Gasteiger partial charge in [0.15, 0.2) is 0 Å². The number of nitrogens with two attached hydrogens (primary N) is 1. The molecule has 0 saturated heterocycles. The Bertz CT molecular complexity index is 311. The summed E-state index contributed by atoms with van der Waals surface area (Å²) in [5.41, 5.74) is 9.24. The molecule has 1 fully saturated rings. The van der Waals surface area contributed by atoms with Gasteiger partial charge in [-0.1, -0.05) is 0 Å². The van der Waals surface area contributed by atoms with Gasteiger partial charge in [0, 0.05) is 11.6 Å². The molecule has 1 atom stereocenters. The van der Waals surface area contributed by atoms with Crippen molar-refractivity contribution in [1.29, 1.82) is 0 Å². The molecule has 12 heavy (non-hydrogen) atoms. The molecule has 1 aromatic heterocycles. The molecule has 3 rings (SSSR count). The number of hydrogen-bond acceptors (Lipinski definition) is 2. The monoisotopic (exact) mass is 163 g/mol. The summed E-state index contributed by atoms with van der Waals surface area (Å²) in [5, 5.41) is 0. The van der Waals surface area contributed by atoms with Gasteiger partial charge >= 0.3 is 0 Å². The van der Waals surface area contributed by atoms with Crippen molar-refractivity contribution in [2.24, 2.45) is 11.1 Å². The maximum absolute atomic E-state index is 6.17. The molecule has 2 nitrogen and oxygen atoms in total. The molecule has 1 saturated carbocycles. The van der Waals surface area contributed by atoms with Crippen LogP contribution in [0, 0.1) is 5.41 Å². The van der Waals surface area contributed by atoms with Gasteiger partial charge in [-0.15, -0.1) is 0 Å². The lowest BCUT2D eigenvalue weighted by Crippen LogP contribution is -2.27. The van der Waals surface area contributed by atoms with Crippen LogP contribution in [0.25, 0.3) is 0 Å². The van der Waals surface area contributed by atoms with Crippen molar-refractivity contribution >= 4 is 0 Å². The van der Waals surface area contributed by atoms with Crippen LogP contribution in [-0.2, 0) is 6.42 Å². The van der Waals surface area contributed by atoms with E-state index in [-0.39, 0.29) is 6.04 Å². The van der Waals surface area contributed by atoms with E-state index in [1.54, 1.807) is 0 Å². The van der Waals surface area contributed by atoms with E-state index >= 15 is 0 Å². The average Bonchev–Trinajstić information content (AvgIpc) is 2.69. The first kappa shape index (κ1) is 6.72. The Morgan fingerprint density at radius 2 is 2.17 bits per heavy atom. The average molecular weight is 163 g/mol. The second-order valence-corrected chi connectivity index (χ2v) is 4.19. The van der Waals surface area contributed by atoms with Gasteiger partial charge in [-0.05, 0) is 36.7 Å². The van der Waals surface area contributed by atoms with Crippen LogP contribution in [0.1, 0.15) is 36.4 Å². The third-order valence-electron chi connectivity index (χ3n) is 3.56. The first-order chi connectivity index (χ1) is 5.82. The molecule has 1 aromatic rings. The zero-order chi connectivity index (χ0) is 8.18. The van der Waals surface area contributed by atoms with E-state index in [1.165, 1.54) is 36.8 Å². The Balaban J connectivity index is 2.07. The molecule has 64 valence electrons. The minimum atomic E-state index is 0.250. The van der Waals surface area contributed by atoms with E-state index < -0.39 is 0 Å². The summed E-state index contributed by atoms with van der Waals surface area (Å²) in [7, 11) is 0. The Labute approximate surface area is 71.7 Å². The highest BCUT2D eigenvalue weighted by molar-refractivity contribution is 5.32. The zero-order valence-electron chi connectivity index (χ0n) is 7.05. The van der Waals surface area contributed by atoms with Crippen LogP contribution in [-0.4, -0.2) is 0 Å². The van der Waals surface area contributed by atoms with E-state index in [1.807, 2.05) is 12.5 Å². The van der Waals surface area contributed by atoms with E-state index in [2.05, 4.69) is 0 Å². The number of aryl methyl sites for hydroxylation is 1. The topological polar surface area (TPSA) is 39.2 Å².